The standard InChI is InChI=1S/C8H17NO3/c1-3-4-5-12-6-7(9-2)8(10)11/h7,9H,3-6H2,1-2H3,(H,10,11)/t7-/m0/s1. The number of nitrogens with one attached hydrogen (secondary N) is 1. The second-order valence-corrected chi connectivity index (χ2v) is 2.61. The molecule has 12 heavy (non-hydrogen) atoms. The van der Waals surface area contributed by atoms with Crippen LogP contribution in [0.5, 0.6) is 0 Å². The Kier molecular flexibility index (Phi) is 6.70. The highest BCUT2D eigenvalue weighted by atomic mass is 16.5. The lowest BCUT2D eigenvalue weighted by Gasteiger charge is -2.10. The van der Waals surface area contributed by atoms with Gasteiger partial charge in [-0.05, 0) is 13.5 Å². The Hall–Kier alpha value is -0.610. The fourth-order valence-corrected chi connectivity index (χ4v) is 0.726. The van der Waals surface area contributed by atoms with E-state index in [1.165, 1.54) is 0 Å². The zero-order valence-electron chi connectivity index (χ0n) is 7.67. The number of hydrogen-bond acceptors (Lipinski definition) is 3. The van der Waals surface area contributed by atoms with Crippen LogP contribution < -0.4 is 5.32 Å². The average Bonchev–Trinajstić information content (AvgIpc) is 2.04. The lowest BCUT2D eigenvalue weighted by atomic mass is 10.3. The van der Waals surface area contributed by atoms with E-state index in [1.54, 1.807) is 7.05 Å². The van der Waals surface area contributed by atoms with E-state index in [0.29, 0.717) is 6.61 Å². The fourth-order valence-electron chi connectivity index (χ4n) is 0.726. The van der Waals surface area contributed by atoms with Crippen molar-refractivity contribution in [2.24, 2.45) is 0 Å². The van der Waals surface area contributed by atoms with E-state index < -0.39 is 12.0 Å². The summed E-state index contributed by atoms with van der Waals surface area (Å²) in [5.74, 6) is -0.867. The van der Waals surface area contributed by atoms with Gasteiger partial charge in [0.2, 0.25) is 0 Å². The average molecular weight is 175 g/mol. The van der Waals surface area contributed by atoms with Crippen molar-refractivity contribution in [2.45, 2.75) is 25.8 Å². The van der Waals surface area contributed by atoms with Gasteiger partial charge in [-0.2, -0.15) is 0 Å². The van der Waals surface area contributed by atoms with Crippen LogP contribution in [0.1, 0.15) is 19.8 Å². The number of hydrogen-bond donors (Lipinski definition) is 2. The van der Waals surface area contributed by atoms with Gasteiger partial charge in [0.15, 0.2) is 0 Å². The maximum Gasteiger partial charge on any atom is 0.323 e. The molecule has 0 saturated carbocycles. The summed E-state index contributed by atoms with van der Waals surface area (Å²) in [6.07, 6.45) is 2.05. The molecule has 0 aliphatic rings. The summed E-state index contributed by atoms with van der Waals surface area (Å²) < 4.78 is 5.15. The quantitative estimate of drug-likeness (QED) is 0.552. The Labute approximate surface area is 72.9 Å². The van der Waals surface area contributed by atoms with Gasteiger partial charge in [-0.3, -0.25) is 4.79 Å². The summed E-state index contributed by atoms with van der Waals surface area (Å²) in [5.41, 5.74) is 0. The molecule has 0 aromatic carbocycles. The van der Waals surface area contributed by atoms with Gasteiger partial charge >= 0.3 is 5.97 Å². The van der Waals surface area contributed by atoms with Crippen molar-refractivity contribution in [3.8, 4) is 0 Å². The molecule has 1 atom stereocenters. The molecule has 0 bridgehead atoms. The molecule has 4 heteroatoms. The molecule has 0 aromatic rings. The second-order valence-electron chi connectivity index (χ2n) is 2.61. The third-order valence-electron chi connectivity index (χ3n) is 1.57. The molecule has 0 amide bonds. The minimum Gasteiger partial charge on any atom is -0.480 e. The van der Waals surface area contributed by atoms with Gasteiger partial charge in [0.05, 0.1) is 6.61 Å². The van der Waals surface area contributed by atoms with E-state index in [0.717, 1.165) is 12.8 Å². The van der Waals surface area contributed by atoms with Crippen LogP contribution in [0.15, 0.2) is 0 Å². The highest BCUT2D eigenvalue weighted by Crippen LogP contribution is 1.90. The topological polar surface area (TPSA) is 58.6 Å². The van der Waals surface area contributed by atoms with E-state index in [-0.39, 0.29) is 6.61 Å². The lowest BCUT2D eigenvalue weighted by molar-refractivity contribution is -0.140. The third kappa shape index (κ3) is 5.09. The monoisotopic (exact) mass is 175 g/mol. The summed E-state index contributed by atoms with van der Waals surface area (Å²) >= 11 is 0. The van der Waals surface area contributed by atoms with Crippen molar-refractivity contribution in [2.75, 3.05) is 20.3 Å². The Morgan fingerprint density at radius 2 is 2.33 bits per heavy atom. The van der Waals surface area contributed by atoms with Gasteiger partial charge in [-0.1, -0.05) is 13.3 Å². The first-order chi connectivity index (χ1) is 5.72. The number of carbonyl (C=O) groups is 1. The predicted molar refractivity (Wildman–Crippen MR) is 46.2 cm³/mol. The van der Waals surface area contributed by atoms with Crippen LogP contribution in [-0.4, -0.2) is 37.4 Å². The maximum absolute atomic E-state index is 10.5. The number of unbranched alkanes of at least 4 members (excludes halogenated alkanes) is 1. The number of likely N-dealkylation sites (N-methyl/N-ethyl adjacent to an activating group) is 1. The minimum atomic E-state index is -0.867. The Morgan fingerprint density at radius 3 is 2.75 bits per heavy atom. The van der Waals surface area contributed by atoms with Crippen LogP contribution in [-0.2, 0) is 9.53 Å². The summed E-state index contributed by atoms with van der Waals surface area (Å²) in [6, 6.07) is -0.582. The molecule has 72 valence electrons. The van der Waals surface area contributed by atoms with Crippen LogP contribution >= 0.6 is 0 Å². The first kappa shape index (κ1) is 11.4. The molecule has 0 fully saturated rings. The maximum atomic E-state index is 10.5. The number of aliphatic carboxylic acids is 1. The molecular formula is C8H17NO3. The smallest absolute Gasteiger partial charge is 0.323 e. The van der Waals surface area contributed by atoms with Crippen molar-refractivity contribution in [3.05, 3.63) is 0 Å². The second kappa shape index (κ2) is 7.06. The summed E-state index contributed by atoms with van der Waals surface area (Å²) in [6.45, 7) is 2.95. The first-order valence-corrected chi connectivity index (χ1v) is 4.20. The molecule has 0 aliphatic heterocycles. The normalized spacial score (nSPS) is 12.8. The Morgan fingerprint density at radius 1 is 1.67 bits per heavy atom. The van der Waals surface area contributed by atoms with Gasteiger partial charge in [0.1, 0.15) is 6.04 Å². The summed E-state index contributed by atoms with van der Waals surface area (Å²) in [5, 5.41) is 11.2. The van der Waals surface area contributed by atoms with Crippen LogP contribution in [0.25, 0.3) is 0 Å². The van der Waals surface area contributed by atoms with E-state index in [1.807, 2.05) is 0 Å². The van der Waals surface area contributed by atoms with Crippen molar-refractivity contribution in [1.29, 1.82) is 0 Å². The third-order valence-corrected chi connectivity index (χ3v) is 1.57. The lowest BCUT2D eigenvalue weighted by Crippen LogP contribution is -2.38. The van der Waals surface area contributed by atoms with E-state index in [2.05, 4.69) is 12.2 Å². The zero-order valence-corrected chi connectivity index (χ0v) is 7.67. The predicted octanol–water partition coefficient (Wildman–Crippen LogP) is 0.476. The number of carboxylic acids is 1. The largest absolute Gasteiger partial charge is 0.480 e. The van der Waals surface area contributed by atoms with Gasteiger partial charge in [0, 0.05) is 6.61 Å². The van der Waals surface area contributed by atoms with Crippen molar-refractivity contribution >= 4 is 5.97 Å². The van der Waals surface area contributed by atoms with E-state index >= 15 is 0 Å². The molecule has 0 heterocycles. The molecule has 0 aliphatic carbocycles. The van der Waals surface area contributed by atoms with Crippen LogP contribution in [0, 0.1) is 0 Å². The summed E-state index contributed by atoms with van der Waals surface area (Å²) in [7, 11) is 1.61. The van der Waals surface area contributed by atoms with Crippen LogP contribution in [0.2, 0.25) is 0 Å². The number of carboxylic acid groups (broad SMARTS) is 1. The van der Waals surface area contributed by atoms with Crippen LogP contribution in [0.4, 0.5) is 0 Å². The molecule has 0 rings (SSSR count). The van der Waals surface area contributed by atoms with Gasteiger partial charge < -0.3 is 15.2 Å². The van der Waals surface area contributed by atoms with Gasteiger partial charge in [-0.25, -0.2) is 0 Å². The summed E-state index contributed by atoms with van der Waals surface area (Å²) in [4.78, 5) is 10.5. The zero-order chi connectivity index (χ0) is 9.40. The van der Waals surface area contributed by atoms with E-state index in [4.69, 9.17) is 9.84 Å². The molecular weight excluding hydrogens is 158 g/mol. The number of rotatable bonds is 7. The SMILES string of the molecule is CCCCOC[C@H](NC)C(=O)O. The molecule has 0 aromatic heterocycles. The van der Waals surface area contributed by atoms with E-state index in [9.17, 15) is 4.79 Å². The van der Waals surface area contributed by atoms with Crippen molar-refractivity contribution < 1.29 is 14.6 Å². The Bertz CT molecular complexity index is 127. The van der Waals surface area contributed by atoms with Gasteiger partial charge in [0.25, 0.3) is 0 Å². The first-order valence-electron chi connectivity index (χ1n) is 4.20. The van der Waals surface area contributed by atoms with Gasteiger partial charge in [-0.15, -0.1) is 0 Å². The molecule has 0 unspecified atom stereocenters. The Balaban J connectivity index is 3.38. The van der Waals surface area contributed by atoms with Crippen LogP contribution in [0.3, 0.4) is 0 Å². The minimum absolute atomic E-state index is 0.242. The van der Waals surface area contributed by atoms with Crippen molar-refractivity contribution in [3.63, 3.8) is 0 Å². The number of ether oxygens (including phenoxy) is 1. The highest BCUT2D eigenvalue weighted by Gasteiger charge is 2.13. The molecule has 0 saturated heterocycles. The molecule has 0 spiro atoms. The highest BCUT2D eigenvalue weighted by molar-refractivity contribution is 5.73. The molecule has 2 N–H and O–H groups in total. The fraction of sp³-hybridized carbons (Fsp3) is 0.875. The molecule has 0 radical (unpaired) electrons. The molecule has 4 nitrogen and oxygen atoms in total. The van der Waals surface area contributed by atoms with Crippen molar-refractivity contribution in [1.82, 2.24) is 5.32 Å².